The van der Waals surface area contributed by atoms with E-state index < -0.39 is 0 Å². The Hall–Kier alpha value is -1.10. The fraction of sp³-hybridized carbons (Fsp3) is 0.273. The Balaban J connectivity index is 2.50. The highest BCUT2D eigenvalue weighted by atomic mass is 35.5. The second-order valence-corrected chi connectivity index (χ2v) is 4.13. The van der Waals surface area contributed by atoms with Crippen molar-refractivity contribution in [3.05, 3.63) is 33.8 Å². The van der Waals surface area contributed by atoms with E-state index in [1.807, 2.05) is 0 Å². The van der Waals surface area contributed by atoms with Crippen LogP contribution in [0.2, 0.25) is 10.0 Å². The van der Waals surface area contributed by atoms with Gasteiger partial charge < -0.3 is 5.11 Å². The molecule has 0 atom stereocenters. The summed E-state index contributed by atoms with van der Waals surface area (Å²) in [5.74, 6) is -0.250. The van der Waals surface area contributed by atoms with E-state index in [0.29, 0.717) is 22.0 Å². The van der Waals surface area contributed by atoms with E-state index in [0.717, 1.165) is 0 Å². The van der Waals surface area contributed by atoms with Crippen molar-refractivity contribution in [3.8, 4) is 0 Å². The average molecular weight is 275 g/mol. The summed E-state index contributed by atoms with van der Waals surface area (Å²) < 4.78 is 0. The maximum absolute atomic E-state index is 11.1. The number of rotatable bonds is 5. The summed E-state index contributed by atoms with van der Waals surface area (Å²) in [6.45, 7) is -0.0137. The summed E-state index contributed by atoms with van der Waals surface area (Å²) in [5, 5.41) is 13.3. The van der Waals surface area contributed by atoms with Gasteiger partial charge in [-0.2, -0.15) is 5.10 Å². The first-order chi connectivity index (χ1) is 8.13. The number of nitrogens with one attached hydrogen (secondary N) is 1. The molecule has 1 aromatic carbocycles. The summed E-state index contributed by atoms with van der Waals surface area (Å²) in [5.41, 5.74) is 3.00. The molecular weight excluding hydrogens is 263 g/mol. The van der Waals surface area contributed by atoms with E-state index in [4.69, 9.17) is 28.3 Å². The monoisotopic (exact) mass is 274 g/mol. The van der Waals surface area contributed by atoms with Crippen LogP contribution in [0.25, 0.3) is 0 Å². The van der Waals surface area contributed by atoms with Crippen LogP contribution in [0.1, 0.15) is 18.4 Å². The van der Waals surface area contributed by atoms with Crippen LogP contribution in [0.3, 0.4) is 0 Å². The summed E-state index contributed by atoms with van der Waals surface area (Å²) in [6, 6.07) is 4.98. The maximum atomic E-state index is 11.1. The third kappa shape index (κ3) is 5.17. The number of hydrazone groups is 1. The molecule has 0 unspecified atom stereocenters. The zero-order chi connectivity index (χ0) is 12.7. The SMILES string of the molecule is O=C(CCCO)NN=Cc1ccc(Cl)cc1Cl. The number of carbonyl (C=O) groups excluding carboxylic acids is 1. The molecule has 0 saturated carbocycles. The Bertz CT molecular complexity index is 422. The Kier molecular flexibility index (Phi) is 5.97. The van der Waals surface area contributed by atoms with Crippen LogP contribution in [0.15, 0.2) is 23.3 Å². The van der Waals surface area contributed by atoms with Crippen LogP contribution >= 0.6 is 23.2 Å². The van der Waals surface area contributed by atoms with Crippen molar-refractivity contribution in [1.29, 1.82) is 0 Å². The van der Waals surface area contributed by atoms with Gasteiger partial charge in [-0.3, -0.25) is 4.79 Å². The number of aliphatic hydroxyl groups is 1. The van der Waals surface area contributed by atoms with E-state index in [9.17, 15) is 4.79 Å². The van der Waals surface area contributed by atoms with E-state index >= 15 is 0 Å². The minimum Gasteiger partial charge on any atom is -0.396 e. The molecule has 0 fully saturated rings. The molecule has 0 aliphatic rings. The van der Waals surface area contributed by atoms with Crippen molar-refractivity contribution in [3.63, 3.8) is 0 Å². The van der Waals surface area contributed by atoms with Gasteiger partial charge in [0.2, 0.25) is 5.91 Å². The molecule has 1 aromatic rings. The van der Waals surface area contributed by atoms with Gasteiger partial charge in [0.1, 0.15) is 0 Å². The molecule has 17 heavy (non-hydrogen) atoms. The van der Waals surface area contributed by atoms with E-state index in [2.05, 4.69) is 10.5 Å². The summed E-state index contributed by atoms with van der Waals surface area (Å²) in [6.07, 6.45) is 2.10. The summed E-state index contributed by atoms with van der Waals surface area (Å²) >= 11 is 11.6. The predicted octanol–water partition coefficient (Wildman–Crippen LogP) is 2.22. The third-order valence-corrected chi connectivity index (χ3v) is 2.48. The number of amides is 1. The van der Waals surface area contributed by atoms with Gasteiger partial charge in [-0.15, -0.1) is 0 Å². The van der Waals surface area contributed by atoms with Gasteiger partial charge in [0, 0.05) is 23.6 Å². The number of halogens is 2. The molecule has 0 radical (unpaired) electrons. The van der Waals surface area contributed by atoms with E-state index in [1.54, 1.807) is 18.2 Å². The highest BCUT2D eigenvalue weighted by Gasteiger charge is 1.99. The molecule has 4 nitrogen and oxygen atoms in total. The van der Waals surface area contributed by atoms with Gasteiger partial charge in [-0.05, 0) is 18.6 Å². The van der Waals surface area contributed by atoms with Gasteiger partial charge in [-0.1, -0.05) is 29.3 Å². The first-order valence-electron chi connectivity index (χ1n) is 5.01. The zero-order valence-electron chi connectivity index (χ0n) is 8.99. The third-order valence-electron chi connectivity index (χ3n) is 1.92. The van der Waals surface area contributed by atoms with Crippen LogP contribution < -0.4 is 5.43 Å². The Morgan fingerprint density at radius 1 is 1.47 bits per heavy atom. The number of nitrogens with zero attached hydrogens (tertiary/aromatic N) is 1. The second kappa shape index (κ2) is 7.27. The van der Waals surface area contributed by atoms with Gasteiger partial charge in [-0.25, -0.2) is 5.43 Å². The van der Waals surface area contributed by atoms with Gasteiger partial charge >= 0.3 is 0 Å². The molecule has 92 valence electrons. The normalized spacial score (nSPS) is 10.8. The first-order valence-corrected chi connectivity index (χ1v) is 5.77. The number of hydrogen-bond acceptors (Lipinski definition) is 3. The lowest BCUT2D eigenvalue weighted by Crippen LogP contribution is -2.17. The van der Waals surface area contributed by atoms with Crippen molar-refractivity contribution < 1.29 is 9.90 Å². The van der Waals surface area contributed by atoms with Gasteiger partial charge in [0.25, 0.3) is 0 Å². The number of benzene rings is 1. The predicted molar refractivity (Wildman–Crippen MR) is 68.5 cm³/mol. The maximum Gasteiger partial charge on any atom is 0.240 e. The van der Waals surface area contributed by atoms with Crippen LogP contribution in [-0.4, -0.2) is 23.8 Å². The highest BCUT2D eigenvalue weighted by molar-refractivity contribution is 6.36. The fourth-order valence-corrected chi connectivity index (χ4v) is 1.53. The summed E-state index contributed by atoms with van der Waals surface area (Å²) in [4.78, 5) is 11.1. The number of hydrogen-bond donors (Lipinski definition) is 2. The van der Waals surface area contributed by atoms with Crippen LogP contribution in [0.4, 0.5) is 0 Å². The molecule has 0 saturated heterocycles. The quantitative estimate of drug-likeness (QED) is 0.639. The molecule has 0 heterocycles. The number of aliphatic hydroxyl groups excluding tert-OH is 1. The van der Waals surface area contributed by atoms with E-state index in [-0.39, 0.29) is 18.9 Å². The molecule has 0 spiro atoms. The lowest BCUT2D eigenvalue weighted by atomic mass is 10.2. The fourth-order valence-electron chi connectivity index (χ4n) is 1.08. The second-order valence-electron chi connectivity index (χ2n) is 3.29. The van der Waals surface area contributed by atoms with Crippen molar-refractivity contribution >= 4 is 35.3 Å². The van der Waals surface area contributed by atoms with Crippen LogP contribution in [0.5, 0.6) is 0 Å². The molecule has 0 aromatic heterocycles. The molecular formula is C11H12Cl2N2O2. The van der Waals surface area contributed by atoms with Crippen molar-refractivity contribution in [1.82, 2.24) is 5.43 Å². The first kappa shape index (κ1) is 14.0. The Morgan fingerprint density at radius 2 is 2.24 bits per heavy atom. The molecule has 6 heteroatoms. The van der Waals surface area contributed by atoms with Crippen LogP contribution in [-0.2, 0) is 4.79 Å². The van der Waals surface area contributed by atoms with Crippen molar-refractivity contribution in [2.24, 2.45) is 5.10 Å². The lowest BCUT2D eigenvalue weighted by Gasteiger charge is -1.99. The van der Waals surface area contributed by atoms with Crippen LogP contribution in [0, 0.1) is 0 Å². The topological polar surface area (TPSA) is 61.7 Å². The Morgan fingerprint density at radius 3 is 2.88 bits per heavy atom. The minimum absolute atomic E-state index is 0.0137. The molecule has 1 rings (SSSR count). The van der Waals surface area contributed by atoms with Crippen molar-refractivity contribution in [2.45, 2.75) is 12.8 Å². The van der Waals surface area contributed by atoms with Gasteiger partial charge in [0.15, 0.2) is 0 Å². The average Bonchev–Trinajstić information content (AvgIpc) is 2.29. The van der Waals surface area contributed by atoms with E-state index in [1.165, 1.54) is 6.21 Å². The Labute approximate surface area is 109 Å². The summed E-state index contributed by atoms with van der Waals surface area (Å²) in [7, 11) is 0. The smallest absolute Gasteiger partial charge is 0.240 e. The molecule has 2 N–H and O–H groups in total. The molecule has 0 aliphatic carbocycles. The molecule has 1 amide bonds. The number of carbonyl (C=O) groups is 1. The lowest BCUT2D eigenvalue weighted by molar-refractivity contribution is -0.121. The zero-order valence-corrected chi connectivity index (χ0v) is 10.5. The molecule has 0 aliphatic heterocycles. The standard InChI is InChI=1S/C11H12Cl2N2O2/c12-9-4-3-8(10(13)6-9)7-14-15-11(17)2-1-5-16/h3-4,6-7,16H,1-2,5H2,(H,15,17). The minimum atomic E-state index is -0.250. The largest absolute Gasteiger partial charge is 0.396 e. The van der Waals surface area contributed by atoms with Gasteiger partial charge in [0.05, 0.1) is 11.2 Å². The molecule has 0 bridgehead atoms. The van der Waals surface area contributed by atoms with Crippen molar-refractivity contribution in [2.75, 3.05) is 6.61 Å². The highest BCUT2D eigenvalue weighted by Crippen LogP contribution is 2.19.